The van der Waals surface area contributed by atoms with E-state index in [0.717, 1.165) is 38.6 Å². The van der Waals surface area contributed by atoms with Crippen LogP contribution >= 0.6 is 0 Å². The fourth-order valence-corrected chi connectivity index (χ4v) is 4.37. The SMILES string of the molecule is CO[SiH2]CCCNCCNCCC[Si](OC)(OC)OC. The van der Waals surface area contributed by atoms with Crippen molar-refractivity contribution in [3.8, 4) is 0 Å². The van der Waals surface area contributed by atoms with Gasteiger partial charge < -0.3 is 28.3 Å². The van der Waals surface area contributed by atoms with Gasteiger partial charge in [-0.15, -0.1) is 0 Å². The van der Waals surface area contributed by atoms with Crippen molar-refractivity contribution in [2.45, 2.75) is 24.9 Å². The summed E-state index contributed by atoms with van der Waals surface area (Å²) in [6.45, 7) is 4.05. The summed E-state index contributed by atoms with van der Waals surface area (Å²) in [6.07, 6.45) is 2.23. The highest BCUT2D eigenvalue weighted by molar-refractivity contribution is 6.60. The van der Waals surface area contributed by atoms with Gasteiger partial charge in [-0.2, -0.15) is 0 Å². The molecular formula is C12H32N2O4Si2. The fraction of sp³-hybridized carbons (Fsp3) is 1.00. The molecule has 2 N–H and O–H groups in total. The summed E-state index contributed by atoms with van der Waals surface area (Å²) in [5, 5.41) is 6.83. The summed E-state index contributed by atoms with van der Waals surface area (Å²) in [6, 6.07) is 2.10. The van der Waals surface area contributed by atoms with Gasteiger partial charge in [0.15, 0.2) is 9.76 Å². The van der Waals surface area contributed by atoms with E-state index in [9.17, 15) is 0 Å². The van der Waals surface area contributed by atoms with Gasteiger partial charge >= 0.3 is 8.80 Å². The van der Waals surface area contributed by atoms with Crippen LogP contribution in [0.15, 0.2) is 0 Å². The van der Waals surface area contributed by atoms with Gasteiger partial charge in [0.2, 0.25) is 0 Å². The Morgan fingerprint density at radius 3 is 1.85 bits per heavy atom. The zero-order chi connectivity index (χ0) is 15.1. The molecule has 0 aromatic carbocycles. The molecule has 6 nitrogen and oxygen atoms in total. The molecule has 0 spiro atoms. The summed E-state index contributed by atoms with van der Waals surface area (Å²) >= 11 is 0. The molecule has 0 aliphatic carbocycles. The molecule has 0 fully saturated rings. The average Bonchev–Trinajstić information content (AvgIpc) is 2.49. The predicted octanol–water partition coefficient (Wildman–Crippen LogP) is -0.0276. The van der Waals surface area contributed by atoms with Gasteiger partial charge in [0, 0.05) is 47.6 Å². The highest BCUT2D eigenvalue weighted by atomic mass is 28.4. The quantitative estimate of drug-likeness (QED) is 0.326. The molecule has 0 bridgehead atoms. The van der Waals surface area contributed by atoms with Gasteiger partial charge in [-0.1, -0.05) is 0 Å². The molecule has 0 saturated carbocycles. The van der Waals surface area contributed by atoms with Gasteiger partial charge in [0.25, 0.3) is 0 Å². The third-order valence-electron chi connectivity index (χ3n) is 3.20. The van der Waals surface area contributed by atoms with E-state index in [0.29, 0.717) is 0 Å². The second-order valence-electron chi connectivity index (χ2n) is 4.60. The van der Waals surface area contributed by atoms with Crippen molar-refractivity contribution in [3.05, 3.63) is 0 Å². The Hall–Kier alpha value is 0.194. The molecule has 0 radical (unpaired) electrons. The van der Waals surface area contributed by atoms with Gasteiger partial charge in [0.1, 0.15) is 0 Å². The first-order valence-corrected chi connectivity index (χ1v) is 10.8. The van der Waals surface area contributed by atoms with E-state index in [4.69, 9.17) is 17.7 Å². The van der Waals surface area contributed by atoms with Crippen molar-refractivity contribution < 1.29 is 17.7 Å². The number of rotatable bonds is 15. The molecule has 0 amide bonds. The van der Waals surface area contributed by atoms with E-state index in [1.54, 1.807) is 28.4 Å². The van der Waals surface area contributed by atoms with E-state index < -0.39 is 8.80 Å². The first kappa shape index (κ1) is 20.2. The van der Waals surface area contributed by atoms with Crippen molar-refractivity contribution in [1.82, 2.24) is 10.6 Å². The lowest BCUT2D eigenvalue weighted by atomic mass is 10.4. The maximum atomic E-state index is 5.38. The second-order valence-corrected chi connectivity index (χ2v) is 9.38. The normalized spacial score (nSPS) is 12.6. The number of hydrogen-bond donors (Lipinski definition) is 2. The lowest BCUT2D eigenvalue weighted by molar-refractivity contribution is 0.123. The predicted molar refractivity (Wildman–Crippen MR) is 86.9 cm³/mol. The molecule has 0 aliphatic rings. The molecule has 0 aliphatic heterocycles. The molecular weight excluding hydrogens is 292 g/mol. The molecule has 0 rings (SSSR count). The highest BCUT2D eigenvalue weighted by Gasteiger charge is 2.36. The second kappa shape index (κ2) is 14.1. The van der Waals surface area contributed by atoms with Gasteiger partial charge in [-0.25, -0.2) is 0 Å². The van der Waals surface area contributed by atoms with Crippen LogP contribution in [-0.2, 0) is 17.7 Å². The van der Waals surface area contributed by atoms with E-state index >= 15 is 0 Å². The molecule has 122 valence electrons. The monoisotopic (exact) mass is 324 g/mol. The minimum Gasteiger partial charge on any atom is -0.427 e. The summed E-state index contributed by atoms with van der Waals surface area (Å²) in [7, 11) is 4.16. The van der Waals surface area contributed by atoms with Gasteiger partial charge in [-0.3, -0.25) is 0 Å². The topological polar surface area (TPSA) is 61.0 Å². The lowest BCUT2D eigenvalue weighted by Gasteiger charge is -2.24. The Morgan fingerprint density at radius 1 is 0.800 bits per heavy atom. The Kier molecular flexibility index (Phi) is 14.3. The summed E-state index contributed by atoms with van der Waals surface area (Å²) in [4.78, 5) is 0. The van der Waals surface area contributed by atoms with Crippen LogP contribution in [0.25, 0.3) is 0 Å². The first-order chi connectivity index (χ1) is 9.74. The zero-order valence-electron chi connectivity index (χ0n) is 13.5. The Bertz CT molecular complexity index is 202. The maximum absolute atomic E-state index is 5.38. The third kappa shape index (κ3) is 10.00. The van der Waals surface area contributed by atoms with Crippen LogP contribution in [0.1, 0.15) is 12.8 Å². The molecule has 0 atom stereocenters. The van der Waals surface area contributed by atoms with Crippen molar-refractivity contribution >= 4 is 18.6 Å². The number of hydrogen-bond acceptors (Lipinski definition) is 6. The van der Waals surface area contributed by atoms with Crippen LogP contribution in [0.2, 0.25) is 12.1 Å². The standard InChI is InChI=1S/C12H32N2O4Si2/c1-15-19-11-5-7-13-9-10-14-8-6-12-20(16-2,17-3)18-4/h13-14H,5-12,19H2,1-4H3. The number of nitrogens with one attached hydrogen (secondary N) is 2. The molecule has 8 heteroatoms. The van der Waals surface area contributed by atoms with E-state index in [1.807, 2.05) is 0 Å². The maximum Gasteiger partial charge on any atom is 0.500 e. The van der Waals surface area contributed by atoms with Crippen LogP contribution in [0, 0.1) is 0 Å². The molecule has 0 saturated heterocycles. The Morgan fingerprint density at radius 2 is 1.35 bits per heavy atom. The molecule has 0 aromatic rings. The van der Waals surface area contributed by atoms with E-state index in [-0.39, 0.29) is 9.76 Å². The smallest absolute Gasteiger partial charge is 0.427 e. The highest BCUT2D eigenvalue weighted by Crippen LogP contribution is 2.14. The first-order valence-electron chi connectivity index (χ1n) is 7.30. The Labute approximate surface area is 127 Å². The largest absolute Gasteiger partial charge is 0.500 e. The van der Waals surface area contributed by atoms with Gasteiger partial charge in [0.05, 0.1) is 0 Å². The average molecular weight is 325 g/mol. The molecule has 0 heterocycles. The van der Waals surface area contributed by atoms with Crippen LogP contribution in [-0.4, -0.2) is 73.2 Å². The van der Waals surface area contributed by atoms with E-state index in [1.165, 1.54) is 12.5 Å². The Balaban J connectivity index is 3.32. The van der Waals surface area contributed by atoms with Crippen LogP contribution < -0.4 is 10.6 Å². The van der Waals surface area contributed by atoms with Crippen LogP contribution in [0.5, 0.6) is 0 Å². The molecule has 20 heavy (non-hydrogen) atoms. The van der Waals surface area contributed by atoms with E-state index in [2.05, 4.69) is 10.6 Å². The lowest BCUT2D eigenvalue weighted by Crippen LogP contribution is -2.43. The van der Waals surface area contributed by atoms with Crippen molar-refractivity contribution in [2.24, 2.45) is 0 Å². The minimum atomic E-state index is -2.38. The molecule has 0 unspecified atom stereocenters. The van der Waals surface area contributed by atoms with Crippen molar-refractivity contribution in [3.63, 3.8) is 0 Å². The van der Waals surface area contributed by atoms with Crippen molar-refractivity contribution in [1.29, 1.82) is 0 Å². The summed E-state index contributed by atoms with van der Waals surface area (Å²) in [5.41, 5.74) is 0. The summed E-state index contributed by atoms with van der Waals surface area (Å²) in [5.74, 6) is 0. The third-order valence-corrected chi connectivity index (χ3v) is 7.23. The fourth-order valence-electron chi connectivity index (χ4n) is 1.91. The minimum absolute atomic E-state index is 0.237. The van der Waals surface area contributed by atoms with Crippen LogP contribution in [0.3, 0.4) is 0 Å². The van der Waals surface area contributed by atoms with Gasteiger partial charge in [-0.05, 0) is 32.0 Å². The summed E-state index contributed by atoms with van der Waals surface area (Å²) < 4.78 is 21.3. The zero-order valence-corrected chi connectivity index (χ0v) is 15.9. The molecule has 0 aromatic heterocycles. The van der Waals surface area contributed by atoms with Crippen molar-refractivity contribution in [2.75, 3.05) is 54.6 Å². The van der Waals surface area contributed by atoms with Crippen LogP contribution in [0.4, 0.5) is 0 Å².